The summed E-state index contributed by atoms with van der Waals surface area (Å²) in [5, 5.41) is 11.1. The SMILES string of the molecule is O=C(CN(CC(=O)N(C1CCCCC1)C1CCCCC1)C(=O)c1ccc([N+](=O)[O-])cc1)N1CCCCC1. The van der Waals surface area contributed by atoms with Crippen LogP contribution in [0.2, 0.25) is 0 Å². The first kappa shape index (κ1) is 27.1. The minimum Gasteiger partial charge on any atom is -0.341 e. The third-order valence-electron chi connectivity index (χ3n) is 8.20. The summed E-state index contributed by atoms with van der Waals surface area (Å²) in [5.41, 5.74) is 0.135. The van der Waals surface area contributed by atoms with E-state index in [0.29, 0.717) is 13.1 Å². The molecule has 202 valence electrons. The van der Waals surface area contributed by atoms with Crippen LogP contribution in [0.15, 0.2) is 24.3 Å². The molecule has 3 fully saturated rings. The number of carbonyl (C=O) groups excluding carboxylic acids is 3. The summed E-state index contributed by atoms with van der Waals surface area (Å²) in [5.74, 6) is -0.675. The highest BCUT2D eigenvalue weighted by molar-refractivity contribution is 5.99. The minimum absolute atomic E-state index is 0.0829. The summed E-state index contributed by atoms with van der Waals surface area (Å²) in [7, 11) is 0. The first-order valence-corrected chi connectivity index (χ1v) is 14.1. The quantitative estimate of drug-likeness (QED) is 0.376. The molecule has 1 aromatic rings. The Morgan fingerprint density at radius 2 is 1.30 bits per heavy atom. The van der Waals surface area contributed by atoms with Gasteiger partial charge in [0.2, 0.25) is 11.8 Å². The highest BCUT2D eigenvalue weighted by Crippen LogP contribution is 2.30. The Bertz CT molecular complexity index is 930. The van der Waals surface area contributed by atoms with Gasteiger partial charge >= 0.3 is 0 Å². The molecule has 4 rings (SSSR count). The van der Waals surface area contributed by atoms with Crippen LogP contribution in [0.5, 0.6) is 0 Å². The summed E-state index contributed by atoms with van der Waals surface area (Å²) in [4.78, 5) is 56.4. The van der Waals surface area contributed by atoms with Crippen molar-refractivity contribution in [1.29, 1.82) is 0 Å². The molecule has 0 bridgehead atoms. The van der Waals surface area contributed by atoms with Gasteiger partial charge in [0.05, 0.1) is 4.92 Å². The van der Waals surface area contributed by atoms with Crippen LogP contribution in [0, 0.1) is 10.1 Å². The first-order valence-electron chi connectivity index (χ1n) is 14.1. The molecule has 0 atom stereocenters. The van der Waals surface area contributed by atoms with E-state index in [0.717, 1.165) is 70.6 Å². The maximum atomic E-state index is 13.9. The lowest BCUT2D eigenvalue weighted by Gasteiger charge is -2.42. The second kappa shape index (κ2) is 13.0. The highest BCUT2D eigenvalue weighted by atomic mass is 16.6. The molecule has 9 heteroatoms. The Morgan fingerprint density at radius 1 is 0.784 bits per heavy atom. The molecule has 0 unspecified atom stereocenters. The van der Waals surface area contributed by atoms with Crippen molar-refractivity contribution in [3.8, 4) is 0 Å². The molecule has 2 aliphatic carbocycles. The summed E-state index contributed by atoms with van der Waals surface area (Å²) in [6, 6.07) is 5.77. The minimum atomic E-state index is -0.512. The Balaban J connectivity index is 1.55. The fraction of sp³-hybridized carbons (Fsp3) is 0.679. The number of piperidine rings is 1. The lowest BCUT2D eigenvalue weighted by molar-refractivity contribution is -0.384. The second-order valence-electron chi connectivity index (χ2n) is 10.8. The molecule has 0 N–H and O–H groups in total. The van der Waals surface area contributed by atoms with E-state index < -0.39 is 10.8 Å². The van der Waals surface area contributed by atoms with Crippen LogP contribution in [-0.2, 0) is 9.59 Å². The second-order valence-corrected chi connectivity index (χ2v) is 10.8. The highest BCUT2D eigenvalue weighted by Gasteiger charge is 2.35. The van der Waals surface area contributed by atoms with Crippen molar-refractivity contribution in [1.82, 2.24) is 14.7 Å². The van der Waals surface area contributed by atoms with E-state index in [1.165, 1.54) is 42.0 Å². The van der Waals surface area contributed by atoms with Crippen LogP contribution >= 0.6 is 0 Å². The van der Waals surface area contributed by atoms with Gasteiger partial charge < -0.3 is 14.7 Å². The van der Waals surface area contributed by atoms with E-state index in [9.17, 15) is 24.5 Å². The van der Waals surface area contributed by atoms with Gasteiger partial charge in [-0.1, -0.05) is 38.5 Å². The Hall–Kier alpha value is -2.97. The number of nitro benzene ring substituents is 1. The smallest absolute Gasteiger partial charge is 0.269 e. The number of non-ortho nitro benzene ring substituents is 1. The molecule has 1 aromatic carbocycles. The zero-order valence-electron chi connectivity index (χ0n) is 21.8. The third-order valence-corrected chi connectivity index (χ3v) is 8.20. The van der Waals surface area contributed by atoms with E-state index in [-0.39, 0.29) is 48.2 Å². The number of rotatable bonds is 8. The van der Waals surface area contributed by atoms with E-state index in [1.807, 2.05) is 0 Å². The first-order chi connectivity index (χ1) is 17.9. The summed E-state index contributed by atoms with van der Waals surface area (Å²) < 4.78 is 0. The number of hydrogen-bond acceptors (Lipinski definition) is 5. The maximum Gasteiger partial charge on any atom is 0.269 e. The monoisotopic (exact) mass is 512 g/mol. The summed E-state index contributed by atoms with van der Waals surface area (Å²) in [6.07, 6.45) is 13.8. The molecule has 0 spiro atoms. The van der Waals surface area contributed by atoms with E-state index in [2.05, 4.69) is 4.90 Å². The molecule has 2 saturated carbocycles. The van der Waals surface area contributed by atoms with Crippen LogP contribution in [0.4, 0.5) is 5.69 Å². The Labute approximate surface area is 219 Å². The lowest BCUT2D eigenvalue weighted by atomic mass is 9.88. The Morgan fingerprint density at radius 3 is 1.81 bits per heavy atom. The fourth-order valence-electron chi connectivity index (χ4n) is 6.18. The number of carbonyl (C=O) groups is 3. The lowest BCUT2D eigenvalue weighted by Crippen LogP contribution is -2.54. The number of hydrogen-bond donors (Lipinski definition) is 0. The largest absolute Gasteiger partial charge is 0.341 e. The average Bonchev–Trinajstić information content (AvgIpc) is 2.94. The molecule has 1 aliphatic heterocycles. The molecule has 0 radical (unpaired) electrons. The molecule has 0 aromatic heterocycles. The van der Waals surface area contributed by atoms with Gasteiger partial charge in [0.15, 0.2) is 0 Å². The van der Waals surface area contributed by atoms with Crippen molar-refractivity contribution < 1.29 is 19.3 Å². The molecule has 3 aliphatic rings. The van der Waals surface area contributed by atoms with E-state index in [4.69, 9.17) is 0 Å². The van der Waals surface area contributed by atoms with Gasteiger partial charge in [-0.2, -0.15) is 0 Å². The standard InChI is InChI=1S/C28H40N4O5/c33-26(29-18-8-3-9-19-29)20-30(28(35)22-14-16-25(17-15-22)32(36)37)21-27(34)31(23-10-4-1-5-11-23)24-12-6-2-7-13-24/h14-17,23-24H,1-13,18-21H2. The number of nitrogens with zero attached hydrogens (tertiary/aromatic N) is 4. The van der Waals surface area contributed by atoms with Crippen molar-refractivity contribution in [2.24, 2.45) is 0 Å². The number of likely N-dealkylation sites (tertiary alicyclic amines) is 1. The van der Waals surface area contributed by atoms with Crippen LogP contribution in [0.25, 0.3) is 0 Å². The van der Waals surface area contributed by atoms with Crippen molar-refractivity contribution in [2.75, 3.05) is 26.2 Å². The molecule has 1 saturated heterocycles. The van der Waals surface area contributed by atoms with Crippen LogP contribution in [0.3, 0.4) is 0 Å². The van der Waals surface area contributed by atoms with Gasteiger partial charge in [-0.05, 0) is 57.1 Å². The zero-order chi connectivity index (χ0) is 26.2. The molecular formula is C28H40N4O5. The van der Waals surface area contributed by atoms with Gasteiger partial charge in [0.25, 0.3) is 11.6 Å². The fourth-order valence-corrected chi connectivity index (χ4v) is 6.18. The number of nitro groups is 1. The van der Waals surface area contributed by atoms with Crippen molar-refractivity contribution >= 4 is 23.4 Å². The molecule has 3 amide bonds. The van der Waals surface area contributed by atoms with Gasteiger partial charge in [0.1, 0.15) is 13.1 Å². The number of benzene rings is 1. The van der Waals surface area contributed by atoms with Crippen LogP contribution in [-0.4, -0.2) is 75.6 Å². The predicted molar refractivity (Wildman–Crippen MR) is 140 cm³/mol. The van der Waals surface area contributed by atoms with Crippen LogP contribution in [0.1, 0.15) is 93.8 Å². The van der Waals surface area contributed by atoms with E-state index >= 15 is 0 Å². The summed E-state index contributed by atoms with van der Waals surface area (Å²) >= 11 is 0. The van der Waals surface area contributed by atoms with Crippen LogP contribution < -0.4 is 0 Å². The van der Waals surface area contributed by atoms with Crippen molar-refractivity contribution in [2.45, 2.75) is 95.6 Å². The van der Waals surface area contributed by atoms with E-state index in [1.54, 1.807) is 4.90 Å². The average molecular weight is 513 g/mol. The molecule has 1 heterocycles. The topological polar surface area (TPSA) is 104 Å². The van der Waals surface area contributed by atoms with Crippen molar-refractivity contribution in [3.63, 3.8) is 0 Å². The zero-order valence-corrected chi connectivity index (χ0v) is 21.8. The van der Waals surface area contributed by atoms with Gasteiger partial charge in [-0.25, -0.2) is 0 Å². The summed E-state index contributed by atoms with van der Waals surface area (Å²) in [6.45, 7) is 1.03. The van der Waals surface area contributed by atoms with Crippen molar-refractivity contribution in [3.05, 3.63) is 39.9 Å². The van der Waals surface area contributed by atoms with Gasteiger partial charge in [-0.15, -0.1) is 0 Å². The Kier molecular flexibility index (Phi) is 9.52. The predicted octanol–water partition coefficient (Wildman–Crippen LogP) is 4.54. The number of amides is 3. The van der Waals surface area contributed by atoms with Gasteiger partial charge in [0, 0.05) is 42.9 Å². The maximum absolute atomic E-state index is 13.9. The van der Waals surface area contributed by atoms with Gasteiger partial charge in [-0.3, -0.25) is 24.5 Å². The third kappa shape index (κ3) is 7.08. The molecule has 37 heavy (non-hydrogen) atoms. The molecular weight excluding hydrogens is 472 g/mol. The normalized spacial score (nSPS) is 19.3. The molecule has 9 nitrogen and oxygen atoms in total.